The molecule has 1 unspecified atom stereocenters. The lowest BCUT2D eigenvalue weighted by atomic mass is 10.0. The van der Waals surface area contributed by atoms with Crippen LogP contribution in [0.2, 0.25) is 0 Å². The normalized spacial score (nSPS) is 12.2. The standard InChI is InChI=1S/C24H27IN4O3/c1-24(2,3)28-22(30)21(20-13-26-15-27-20)29(14-16-9-11-17(32-4)12-10-16)23(31)18-7-5-6-8-19(18)25/h5-13,15,21H,14H2,1-4H3,(H,26,27)(H,28,30). The molecule has 0 radical (unpaired) electrons. The topological polar surface area (TPSA) is 87.3 Å². The second-order valence-corrected chi connectivity index (χ2v) is 9.57. The van der Waals surface area contributed by atoms with Crippen LogP contribution in [0, 0.1) is 3.57 Å². The molecular formula is C24H27IN4O3. The summed E-state index contributed by atoms with van der Waals surface area (Å²) in [5.74, 6) is 0.198. The zero-order chi connectivity index (χ0) is 23.3. The van der Waals surface area contributed by atoms with Crippen molar-refractivity contribution in [1.82, 2.24) is 20.2 Å². The number of carbonyl (C=O) groups is 2. The molecular weight excluding hydrogens is 519 g/mol. The van der Waals surface area contributed by atoms with Crippen molar-refractivity contribution < 1.29 is 14.3 Å². The Morgan fingerprint density at radius 3 is 2.41 bits per heavy atom. The van der Waals surface area contributed by atoms with E-state index < -0.39 is 11.6 Å². The summed E-state index contributed by atoms with van der Waals surface area (Å²) in [6.07, 6.45) is 3.09. The van der Waals surface area contributed by atoms with Gasteiger partial charge in [0, 0.05) is 15.7 Å². The summed E-state index contributed by atoms with van der Waals surface area (Å²) in [6.45, 7) is 5.95. The van der Waals surface area contributed by atoms with Crippen LogP contribution in [0.25, 0.3) is 0 Å². The number of rotatable bonds is 7. The van der Waals surface area contributed by atoms with E-state index in [1.165, 1.54) is 6.33 Å². The Morgan fingerprint density at radius 1 is 1.16 bits per heavy atom. The predicted molar refractivity (Wildman–Crippen MR) is 131 cm³/mol. The molecule has 1 aromatic heterocycles. The predicted octanol–water partition coefficient (Wildman–Crippen LogP) is 4.32. The van der Waals surface area contributed by atoms with E-state index in [4.69, 9.17) is 4.74 Å². The van der Waals surface area contributed by atoms with Gasteiger partial charge in [-0.25, -0.2) is 4.98 Å². The molecule has 7 nitrogen and oxygen atoms in total. The lowest BCUT2D eigenvalue weighted by molar-refractivity contribution is -0.127. The van der Waals surface area contributed by atoms with Gasteiger partial charge in [-0.1, -0.05) is 24.3 Å². The zero-order valence-electron chi connectivity index (χ0n) is 18.6. The van der Waals surface area contributed by atoms with Crippen molar-refractivity contribution in [3.05, 3.63) is 81.4 Å². The van der Waals surface area contributed by atoms with E-state index in [2.05, 4.69) is 37.9 Å². The molecule has 0 aliphatic carbocycles. The fourth-order valence-electron chi connectivity index (χ4n) is 3.30. The van der Waals surface area contributed by atoms with Crippen molar-refractivity contribution in [2.24, 2.45) is 0 Å². The van der Waals surface area contributed by atoms with Crippen LogP contribution in [-0.2, 0) is 11.3 Å². The fourth-order valence-corrected chi connectivity index (χ4v) is 3.92. The third kappa shape index (κ3) is 5.87. The molecule has 0 aliphatic heterocycles. The number of amides is 2. The number of hydrogen-bond donors (Lipinski definition) is 2. The minimum atomic E-state index is -0.887. The van der Waals surface area contributed by atoms with E-state index in [9.17, 15) is 9.59 Å². The van der Waals surface area contributed by atoms with Gasteiger partial charge in [-0.05, 0) is 73.2 Å². The van der Waals surface area contributed by atoms with Gasteiger partial charge < -0.3 is 19.9 Å². The molecule has 1 atom stereocenters. The molecule has 8 heteroatoms. The summed E-state index contributed by atoms with van der Waals surface area (Å²) in [5.41, 5.74) is 1.48. The highest BCUT2D eigenvalue weighted by atomic mass is 127. The van der Waals surface area contributed by atoms with Crippen molar-refractivity contribution in [3.8, 4) is 5.75 Å². The van der Waals surface area contributed by atoms with Crippen LogP contribution < -0.4 is 10.1 Å². The maximum Gasteiger partial charge on any atom is 0.256 e. The van der Waals surface area contributed by atoms with E-state index in [1.54, 1.807) is 24.3 Å². The number of nitrogens with zero attached hydrogens (tertiary/aromatic N) is 2. The highest BCUT2D eigenvalue weighted by Gasteiger charge is 2.35. The van der Waals surface area contributed by atoms with Crippen LogP contribution in [0.3, 0.4) is 0 Å². The maximum atomic E-state index is 13.8. The second kappa shape index (κ2) is 10.2. The van der Waals surface area contributed by atoms with Gasteiger partial charge in [0.25, 0.3) is 5.91 Å². The number of hydrogen-bond acceptors (Lipinski definition) is 4. The number of ether oxygens (including phenoxy) is 1. The van der Waals surface area contributed by atoms with Crippen LogP contribution in [0.1, 0.15) is 48.4 Å². The van der Waals surface area contributed by atoms with Gasteiger partial charge in [0.05, 0.1) is 30.9 Å². The Kier molecular flexibility index (Phi) is 7.55. The minimum absolute atomic E-state index is 0.231. The first-order chi connectivity index (χ1) is 15.2. The summed E-state index contributed by atoms with van der Waals surface area (Å²) < 4.78 is 6.06. The molecule has 2 aromatic carbocycles. The SMILES string of the molecule is COc1ccc(CN(C(=O)c2ccccc2I)C(C(=O)NC(C)(C)C)c2cnc[nH]2)cc1. The Balaban J connectivity index is 2.07. The number of aromatic amines is 1. The van der Waals surface area contributed by atoms with E-state index in [0.717, 1.165) is 14.9 Å². The van der Waals surface area contributed by atoms with Crippen LogP contribution in [-0.4, -0.2) is 39.3 Å². The Labute approximate surface area is 201 Å². The number of carbonyl (C=O) groups excluding carboxylic acids is 2. The Hall–Kier alpha value is -2.88. The largest absolute Gasteiger partial charge is 0.497 e. The summed E-state index contributed by atoms with van der Waals surface area (Å²) in [6, 6.07) is 13.9. The van der Waals surface area contributed by atoms with E-state index in [-0.39, 0.29) is 18.4 Å². The van der Waals surface area contributed by atoms with Crippen LogP contribution in [0.15, 0.2) is 61.1 Å². The van der Waals surface area contributed by atoms with Gasteiger partial charge >= 0.3 is 0 Å². The monoisotopic (exact) mass is 546 g/mol. The minimum Gasteiger partial charge on any atom is -0.497 e. The van der Waals surface area contributed by atoms with Gasteiger partial charge in [-0.2, -0.15) is 0 Å². The molecule has 3 rings (SSSR count). The summed E-state index contributed by atoms with van der Waals surface area (Å²) in [7, 11) is 1.60. The van der Waals surface area contributed by atoms with Crippen molar-refractivity contribution in [1.29, 1.82) is 0 Å². The number of benzene rings is 2. The first-order valence-corrected chi connectivity index (χ1v) is 11.3. The number of methoxy groups -OCH3 is 1. The number of imidazole rings is 1. The quantitative estimate of drug-likeness (QED) is 0.433. The summed E-state index contributed by atoms with van der Waals surface area (Å²) >= 11 is 2.14. The molecule has 2 N–H and O–H groups in total. The second-order valence-electron chi connectivity index (χ2n) is 8.41. The van der Waals surface area contributed by atoms with Gasteiger partial charge in [0.15, 0.2) is 6.04 Å². The molecule has 0 spiro atoms. The molecule has 2 amide bonds. The fraction of sp³-hybridized carbons (Fsp3) is 0.292. The van der Waals surface area contributed by atoms with Crippen LogP contribution >= 0.6 is 22.6 Å². The van der Waals surface area contributed by atoms with Gasteiger partial charge in [0.1, 0.15) is 5.75 Å². The molecule has 0 aliphatic rings. The molecule has 0 fully saturated rings. The van der Waals surface area contributed by atoms with E-state index >= 15 is 0 Å². The lowest BCUT2D eigenvalue weighted by Gasteiger charge is -2.33. The van der Waals surface area contributed by atoms with Gasteiger partial charge in [0.2, 0.25) is 5.91 Å². The highest BCUT2D eigenvalue weighted by Crippen LogP contribution is 2.27. The average molecular weight is 546 g/mol. The highest BCUT2D eigenvalue weighted by molar-refractivity contribution is 14.1. The molecule has 168 valence electrons. The smallest absolute Gasteiger partial charge is 0.256 e. The number of halogens is 1. The van der Waals surface area contributed by atoms with Crippen molar-refractivity contribution >= 4 is 34.4 Å². The average Bonchev–Trinajstić information content (AvgIpc) is 3.26. The first-order valence-electron chi connectivity index (χ1n) is 10.2. The van der Waals surface area contributed by atoms with Crippen molar-refractivity contribution in [2.45, 2.75) is 38.9 Å². The van der Waals surface area contributed by atoms with Crippen LogP contribution in [0.4, 0.5) is 0 Å². The Bertz CT molecular complexity index is 1060. The molecule has 0 bridgehead atoms. The molecule has 1 heterocycles. The number of aromatic nitrogens is 2. The van der Waals surface area contributed by atoms with Crippen molar-refractivity contribution in [2.75, 3.05) is 7.11 Å². The van der Waals surface area contributed by atoms with E-state index in [1.807, 2.05) is 63.2 Å². The Morgan fingerprint density at radius 2 is 1.84 bits per heavy atom. The summed E-state index contributed by atoms with van der Waals surface area (Å²) in [5, 5.41) is 3.01. The molecule has 3 aromatic rings. The first kappa shape index (κ1) is 23.8. The van der Waals surface area contributed by atoms with Crippen LogP contribution in [0.5, 0.6) is 5.75 Å². The molecule has 32 heavy (non-hydrogen) atoms. The maximum absolute atomic E-state index is 13.8. The number of H-pyrrole nitrogens is 1. The van der Waals surface area contributed by atoms with Gasteiger partial charge in [-0.15, -0.1) is 0 Å². The van der Waals surface area contributed by atoms with E-state index in [0.29, 0.717) is 11.3 Å². The van der Waals surface area contributed by atoms with Crippen molar-refractivity contribution in [3.63, 3.8) is 0 Å². The zero-order valence-corrected chi connectivity index (χ0v) is 20.7. The molecule has 0 saturated carbocycles. The number of nitrogens with one attached hydrogen (secondary N) is 2. The third-order valence-electron chi connectivity index (χ3n) is 4.75. The molecule has 0 saturated heterocycles. The lowest BCUT2D eigenvalue weighted by Crippen LogP contribution is -2.49. The third-order valence-corrected chi connectivity index (χ3v) is 5.69. The summed E-state index contributed by atoms with van der Waals surface area (Å²) in [4.78, 5) is 35.9. The van der Waals surface area contributed by atoms with Gasteiger partial charge in [-0.3, -0.25) is 9.59 Å².